The second kappa shape index (κ2) is 6.68. The average molecular weight is 275 g/mol. The van der Waals surface area contributed by atoms with E-state index in [9.17, 15) is 0 Å². The van der Waals surface area contributed by atoms with Gasteiger partial charge in [-0.3, -0.25) is 0 Å². The van der Waals surface area contributed by atoms with Crippen LogP contribution in [0.3, 0.4) is 0 Å². The number of thiazole rings is 1. The zero-order valence-electron chi connectivity index (χ0n) is 11.8. The van der Waals surface area contributed by atoms with Crippen molar-refractivity contribution in [2.24, 2.45) is 0 Å². The lowest BCUT2D eigenvalue weighted by molar-refractivity contribution is 0.402. The lowest BCUT2D eigenvalue weighted by Crippen LogP contribution is -2.10. The van der Waals surface area contributed by atoms with E-state index < -0.39 is 0 Å². The van der Waals surface area contributed by atoms with Gasteiger partial charge >= 0.3 is 0 Å². The second-order valence-electron chi connectivity index (χ2n) is 4.87. The van der Waals surface area contributed by atoms with Crippen LogP contribution < -0.4 is 5.32 Å². The highest BCUT2D eigenvalue weighted by atomic mass is 32.1. The Balaban J connectivity index is 1.95. The van der Waals surface area contributed by atoms with Crippen LogP contribution in [0.25, 0.3) is 0 Å². The van der Waals surface area contributed by atoms with Crippen molar-refractivity contribution in [1.29, 1.82) is 0 Å². The quantitative estimate of drug-likeness (QED) is 0.876. The molecule has 0 aliphatic heterocycles. The summed E-state index contributed by atoms with van der Waals surface area (Å²) in [4.78, 5) is 7.84. The molecule has 1 N–H and O–H groups in total. The van der Waals surface area contributed by atoms with Gasteiger partial charge in [-0.15, -0.1) is 11.3 Å². The van der Waals surface area contributed by atoms with Crippen molar-refractivity contribution >= 4 is 17.0 Å². The summed E-state index contributed by atoms with van der Waals surface area (Å²) >= 11 is 1.79. The number of anilines is 1. The highest BCUT2D eigenvalue weighted by Crippen LogP contribution is 2.17. The normalized spacial score (nSPS) is 10.9. The molecule has 2 rings (SSSR count). The number of hydrogen-bond donors (Lipinski definition) is 1. The Bertz CT molecular complexity index is 520. The molecule has 0 saturated heterocycles. The first-order valence-electron chi connectivity index (χ1n) is 6.58. The Morgan fingerprint density at radius 3 is 2.84 bits per heavy atom. The third kappa shape index (κ3) is 4.33. The Morgan fingerprint density at radius 2 is 2.16 bits per heavy atom. The fourth-order valence-corrected chi connectivity index (χ4v) is 2.73. The second-order valence-corrected chi connectivity index (χ2v) is 6.07. The number of aromatic nitrogens is 1. The maximum Gasteiger partial charge on any atom is 0.0925 e. The largest absolute Gasteiger partial charge is 0.380 e. The minimum Gasteiger partial charge on any atom is -0.380 e. The summed E-state index contributed by atoms with van der Waals surface area (Å²) in [5, 5.41) is 4.67. The number of nitrogens with zero attached hydrogens (tertiary/aromatic N) is 2. The van der Waals surface area contributed by atoms with E-state index in [2.05, 4.69) is 60.5 Å². The van der Waals surface area contributed by atoms with Gasteiger partial charge < -0.3 is 10.2 Å². The van der Waals surface area contributed by atoms with Gasteiger partial charge in [0.2, 0.25) is 0 Å². The van der Waals surface area contributed by atoms with E-state index in [-0.39, 0.29) is 0 Å². The van der Waals surface area contributed by atoms with Crippen molar-refractivity contribution in [3.63, 3.8) is 0 Å². The van der Waals surface area contributed by atoms with Crippen LogP contribution in [-0.2, 0) is 19.5 Å². The predicted octanol–water partition coefficient (Wildman–Crippen LogP) is 3.38. The molecule has 0 atom stereocenters. The van der Waals surface area contributed by atoms with Gasteiger partial charge in [0.25, 0.3) is 0 Å². The van der Waals surface area contributed by atoms with E-state index in [1.807, 2.05) is 6.20 Å². The fraction of sp³-hybridized carbons (Fsp3) is 0.400. The zero-order chi connectivity index (χ0) is 13.7. The Morgan fingerprint density at radius 1 is 1.32 bits per heavy atom. The number of benzene rings is 1. The molecule has 0 aliphatic rings. The van der Waals surface area contributed by atoms with Crippen molar-refractivity contribution in [3.8, 4) is 0 Å². The monoisotopic (exact) mass is 275 g/mol. The first-order chi connectivity index (χ1) is 9.17. The standard InChI is InChI=1S/C15H21N3S/c1-4-15-17-10-14(19-15)9-16-13-7-5-6-12(8-13)11-18(2)3/h5-8,10,16H,4,9,11H2,1-3H3. The number of nitrogens with one attached hydrogen (secondary N) is 1. The topological polar surface area (TPSA) is 28.2 Å². The smallest absolute Gasteiger partial charge is 0.0925 e. The van der Waals surface area contributed by atoms with E-state index in [1.165, 1.54) is 21.1 Å². The van der Waals surface area contributed by atoms with Crippen molar-refractivity contribution in [1.82, 2.24) is 9.88 Å². The van der Waals surface area contributed by atoms with Crippen LogP contribution in [0.15, 0.2) is 30.5 Å². The molecule has 1 aromatic carbocycles. The molecular weight excluding hydrogens is 254 g/mol. The summed E-state index contributed by atoms with van der Waals surface area (Å²) in [6, 6.07) is 8.58. The van der Waals surface area contributed by atoms with Crippen LogP contribution in [0.4, 0.5) is 5.69 Å². The minimum absolute atomic E-state index is 0.850. The van der Waals surface area contributed by atoms with Crippen molar-refractivity contribution in [2.45, 2.75) is 26.4 Å². The van der Waals surface area contributed by atoms with Crippen LogP contribution in [0.5, 0.6) is 0 Å². The van der Waals surface area contributed by atoms with E-state index >= 15 is 0 Å². The SMILES string of the molecule is CCc1ncc(CNc2cccc(CN(C)C)c2)s1. The minimum atomic E-state index is 0.850. The van der Waals surface area contributed by atoms with Crippen molar-refractivity contribution < 1.29 is 0 Å². The van der Waals surface area contributed by atoms with Gasteiger partial charge in [-0.05, 0) is 38.2 Å². The number of rotatable bonds is 6. The predicted molar refractivity (Wildman–Crippen MR) is 82.7 cm³/mol. The highest BCUT2D eigenvalue weighted by Gasteiger charge is 2.01. The molecule has 102 valence electrons. The molecule has 0 saturated carbocycles. The molecule has 0 unspecified atom stereocenters. The third-order valence-electron chi connectivity index (χ3n) is 2.80. The van der Waals surface area contributed by atoms with Crippen LogP contribution in [0.2, 0.25) is 0 Å². The zero-order valence-corrected chi connectivity index (χ0v) is 12.6. The molecular formula is C15H21N3S. The summed E-state index contributed by atoms with van der Waals surface area (Å²) in [5.74, 6) is 0. The van der Waals surface area contributed by atoms with Gasteiger partial charge in [0.05, 0.1) is 11.6 Å². The van der Waals surface area contributed by atoms with E-state index in [1.54, 1.807) is 11.3 Å². The Labute approximate surface area is 119 Å². The van der Waals surface area contributed by atoms with Gasteiger partial charge in [0.1, 0.15) is 0 Å². The van der Waals surface area contributed by atoms with E-state index in [4.69, 9.17) is 0 Å². The molecule has 2 aromatic rings. The summed E-state index contributed by atoms with van der Waals surface area (Å²) in [6.45, 7) is 3.96. The van der Waals surface area contributed by atoms with E-state index in [0.717, 1.165) is 19.5 Å². The van der Waals surface area contributed by atoms with Crippen molar-refractivity contribution in [3.05, 3.63) is 45.9 Å². The molecule has 1 heterocycles. The summed E-state index contributed by atoms with van der Waals surface area (Å²) in [7, 11) is 4.17. The molecule has 0 radical (unpaired) electrons. The first kappa shape index (κ1) is 14.0. The molecule has 0 amide bonds. The average Bonchev–Trinajstić information content (AvgIpc) is 2.84. The van der Waals surface area contributed by atoms with Gasteiger partial charge in [-0.25, -0.2) is 4.98 Å². The Kier molecular flexibility index (Phi) is 4.93. The van der Waals surface area contributed by atoms with Gasteiger partial charge in [0.15, 0.2) is 0 Å². The summed E-state index contributed by atoms with van der Waals surface area (Å²) < 4.78 is 0. The fourth-order valence-electron chi connectivity index (χ4n) is 1.93. The van der Waals surface area contributed by atoms with Gasteiger partial charge in [-0.1, -0.05) is 19.1 Å². The Hall–Kier alpha value is -1.39. The first-order valence-corrected chi connectivity index (χ1v) is 7.40. The number of aryl methyl sites for hydroxylation is 1. The van der Waals surface area contributed by atoms with Gasteiger partial charge in [0, 0.05) is 23.3 Å². The maximum atomic E-state index is 4.38. The molecule has 3 nitrogen and oxygen atoms in total. The molecule has 4 heteroatoms. The van der Waals surface area contributed by atoms with Crippen LogP contribution in [0, 0.1) is 0 Å². The molecule has 0 aliphatic carbocycles. The van der Waals surface area contributed by atoms with Gasteiger partial charge in [-0.2, -0.15) is 0 Å². The summed E-state index contributed by atoms with van der Waals surface area (Å²) in [6.07, 6.45) is 2.99. The van der Waals surface area contributed by atoms with Crippen LogP contribution >= 0.6 is 11.3 Å². The van der Waals surface area contributed by atoms with Crippen LogP contribution in [0.1, 0.15) is 22.4 Å². The molecule has 0 fully saturated rings. The molecule has 1 aromatic heterocycles. The van der Waals surface area contributed by atoms with E-state index in [0.29, 0.717) is 0 Å². The third-order valence-corrected chi connectivity index (χ3v) is 3.94. The number of hydrogen-bond acceptors (Lipinski definition) is 4. The highest BCUT2D eigenvalue weighted by molar-refractivity contribution is 7.11. The molecule has 0 bridgehead atoms. The molecule has 0 spiro atoms. The summed E-state index contributed by atoms with van der Waals surface area (Å²) in [5.41, 5.74) is 2.50. The maximum absolute atomic E-state index is 4.38. The lowest BCUT2D eigenvalue weighted by Gasteiger charge is -2.11. The molecule has 19 heavy (non-hydrogen) atoms. The lowest BCUT2D eigenvalue weighted by atomic mass is 10.2. The van der Waals surface area contributed by atoms with Crippen LogP contribution in [-0.4, -0.2) is 24.0 Å². The van der Waals surface area contributed by atoms with Crippen molar-refractivity contribution in [2.75, 3.05) is 19.4 Å².